The summed E-state index contributed by atoms with van der Waals surface area (Å²) in [7, 11) is 0. The van der Waals surface area contributed by atoms with Gasteiger partial charge in [0, 0.05) is 36.0 Å². The van der Waals surface area contributed by atoms with Gasteiger partial charge in [-0.15, -0.1) is 0 Å². The molecule has 1 atom stereocenters. The molecule has 9 heteroatoms. The largest absolute Gasteiger partial charge is 0.493 e. The molecule has 4 aromatic rings. The van der Waals surface area contributed by atoms with Crippen LogP contribution in [0, 0.1) is 13.8 Å². The standard InChI is InChI=1S/C35H38N4O5/c1-23-9-4-15-32(24(23)2)44-18-8-16-33(40)39-17-7-13-30-29(12-6-14-31(30)39)28-20-36-38(22-28)21-26-10-5-11-27(19-26)34(41)37-25(3)35(42)43/h4-6,9-12,14-15,19-20,22,25H,7-8,13,16-18,21H2,1-3H3,(H,37,41)(H,42,43). The number of benzene rings is 3. The minimum absolute atomic E-state index is 0.102. The number of aryl methyl sites for hydroxylation is 1. The number of hydrogen-bond acceptors (Lipinski definition) is 5. The van der Waals surface area contributed by atoms with Gasteiger partial charge in [-0.2, -0.15) is 5.10 Å². The van der Waals surface area contributed by atoms with Crippen LogP contribution in [0.5, 0.6) is 5.75 Å². The minimum Gasteiger partial charge on any atom is -0.493 e. The maximum absolute atomic E-state index is 13.3. The molecule has 1 aliphatic rings. The van der Waals surface area contributed by atoms with Gasteiger partial charge in [0.25, 0.3) is 5.91 Å². The summed E-state index contributed by atoms with van der Waals surface area (Å²) in [6, 6.07) is 18.2. The monoisotopic (exact) mass is 594 g/mol. The van der Waals surface area contributed by atoms with Gasteiger partial charge in [-0.05, 0) is 92.1 Å². The molecule has 0 radical (unpaired) electrons. The van der Waals surface area contributed by atoms with Crippen LogP contribution >= 0.6 is 0 Å². The van der Waals surface area contributed by atoms with E-state index in [1.54, 1.807) is 18.2 Å². The van der Waals surface area contributed by atoms with E-state index in [2.05, 4.69) is 29.5 Å². The van der Waals surface area contributed by atoms with E-state index in [1.807, 2.05) is 59.2 Å². The average molecular weight is 595 g/mol. The Morgan fingerprint density at radius 2 is 1.86 bits per heavy atom. The number of nitrogens with one attached hydrogen (secondary N) is 1. The van der Waals surface area contributed by atoms with Gasteiger partial charge >= 0.3 is 5.97 Å². The predicted octanol–water partition coefficient (Wildman–Crippen LogP) is 5.56. The van der Waals surface area contributed by atoms with Crippen molar-refractivity contribution in [2.45, 2.75) is 59.0 Å². The van der Waals surface area contributed by atoms with Crippen molar-refractivity contribution in [1.29, 1.82) is 0 Å². The van der Waals surface area contributed by atoms with Crippen LogP contribution in [0.25, 0.3) is 11.1 Å². The number of nitrogens with zero attached hydrogens (tertiary/aromatic N) is 3. The molecule has 5 rings (SSSR count). The summed E-state index contributed by atoms with van der Waals surface area (Å²) >= 11 is 0. The van der Waals surface area contributed by atoms with Crippen LogP contribution in [0.1, 0.15) is 58.8 Å². The molecule has 44 heavy (non-hydrogen) atoms. The molecule has 228 valence electrons. The fourth-order valence-electron chi connectivity index (χ4n) is 5.50. The first-order chi connectivity index (χ1) is 21.2. The predicted molar refractivity (Wildman–Crippen MR) is 169 cm³/mol. The minimum atomic E-state index is -1.09. The molecule has 2 N–H and O–H groups in total. The molecule has 1 aromatic heterocycles. The smallest absolute Gasteiger partial charge is 0.325 e. The number of carbonyl (C=O) groups is 3. The van der Waals surface area contributed by atoms with Gasteiger partial charge in [0.05, 0.1) is 19.3 Å². The van der Waals surface area contributed by atoms with Crippen LogP contribution in [0.4, 0.5) is 5.69 Å². The summed E-state index contributed by atoms with van der Waals surface area (Å²) in [5.41, 5.74) is 7.68. The number of amides is 2. The van der Waals surface area contributed by atoms with Crippen molar-refractivity contribution < 1.29 is 24.2 Å². The van der Waals surface area contributed by atoms with E-state index in [1.165, 1.54) is 12.5 Å². The zero-order chi connectivity index (χ0) is 31.2. The highest BCUT2D eigenvalue weighted by molar-refractivity contribution is 5.97. The van der Waals surface area contributed by atoms with Crippen molar-refractivity contribution in [3.8, 4) is 16.9 Å². The lowest BCUT2D eigenvalue weighted by Crippen LogP contribution is -2.38. The Balaban J connectivity index is 1.24. The van der Waals surface area contributed by atoms with Gasteiger partial charge in [0.2, 0.25) is 5.91 Å². The molecule has 0 aliphatic carbocycles. The Labute approximate surface area is 257 Å². The van der Waals surface area contributed by atoms with Gasteiger partial charge in [-0.25, -0.2) is 0 Å². The van der Waals surface area contributed by atoms with Crippen molar-refractivity contribution in [2.24, 2.45) is 0 Å². The molecular formula is C35H38N4O5. The highest BCUT2D eigenvalue weighted by Gasteiger charge is 2.25. The summed E-state index contributed by atoms with van der Waals surface area (Å²) in [6.45, 7) is 7.17. The first-order valence-corrected chi connectivity index (χ1v) is 15.0. The maximum atomic E-state index is 13.3. The molecule has 0 saturated heterocycles. The second-order valence-corrected chi connectivity index (χ2v) is 11.3. The maximum Gasteiger partial charge on any atom is 0.325 e. The topological polar surface area (TPSA) is 114 Å². The quantitative estimate of drug-likeness (QED) is 0.220. The Morgan fingerprint density at radius 3 is 2.68 bits per heavy atom. The van der Waals surface area contributed by atoms with Gasteiger partial charge in [-0.3, -0.25) is 19.1 Å². The fraction of sp³-hybridized carbons (Fsp3) is 0.314. The summed E-state index contributed by atoms with van der Waals surface area (Å²) in [6.07, 6.45) is 6.62. The van der Waals surface area contributed by atoms with Gasteiger partial charge in [-0.1, -0.05) is 36.4 Å². The molecule has 0 bridgehead atoms. The normalized spacial score (nSPS) is 13.2. The van der Waals surface area contributed by atoms with E-state index in [0.717, 1.165) is 52.1 Å². The summed E-state index contributed by atoms with van der Waals surface area (Å²) in [4.78, 5) is 38.8. The Bertz CT molecular complexity index is 1680. The number of aromatic nitrogens is 2. The molecule has 3 aromatic carbocycles. The molecule has 0 fully saturated rings. The first kappa shape index (κ1) is 30.5. The third kappa shape index (κ3) is 6.99. The third-order valence-electron chi connectivity index (χ3n) is 8.10. The second kappa shape index (κ2) is 13.6. The first-order valence-electron chi connectivity index (χ1n) is 15.0. The summed E-state index contributed by atoms with van der Waals surface area (Å²) in [5.74, 6) is -0.556. The molecule has 1 aliphatic heterocycles. The second-order valence-electron chi connectivity index (χ2n) is 11.3. The number of anilines is 1. The zero-order valence-electron chi connectivity index (χ0n) is 25.4. The van der Waals surface area contributed by atoms with Crippen molar-refractivity contribution in [3.05, 3.63) is 101 Å². The highest BCUT2D eigenvalue weighted by Crippen LogP contribution is 2.36. The van der Waals surface area contributed by atoms with Crippen molar-refractivity contribution in [1.82, 2.24) is 15.1 Å². The van der Waals surface area contributed by atoms with Crippen LogP contribution in [-0.4, -0.2) is 51.9 Å². The van der Waals surface area contributed by atoms with Crippen molar-refractivity contribution in [3.63, 3.8) is 0 Å². The summed E-state index contributed by atoms with van der Waals surface area (Å²) < 4.78 is 7.78. The molecule has 1 unspecified atom stereocenters. The molecular weight excluding hydrogens is 556 g/mol. The van der Waals surface area contributed by atoms with Crippen LogP contribution in [0.15, 0.2) is 73.1 Å². The fourth-order valence-corrected chi connectivity index (χ4v) is 5.50. The molecule has 0 saturated carbocycles. The Kier molecular flexibility index (Phi) is 9.43. The number of ether oxygens (including phenoxy) is 1. The highest BCUT2D eigenvalue weighted by atomic mass is 16.5. The Hall–Kier alpha value is -4.92. The van der Waals surface area contributed by atoms with Crippen LogP contribution in [-0.2, 0) is 22.6 Å². The number of carboxylic acids is 1. The molecule has 2 heterocycles. The number of rotatable bonds is 11. The van der Waals surface area contributed by atoms with E-state index in [4.69, 9.17) is 9.84 Å². The SMILES string of the molecule is Cc1cccc(OCCCC(=O)N2CCCc3c(-c4cnn(Cc5cccc(C(=O)NC(C)C(=O)O)c5)c4)cccc32)c1C. The summed E-state index contributed by atoms with van der Waals surface area (Å²) in [5, 5.41) is 16.1. The van der Waals surface area contributed by atoms with E-state index >= 15 is 0 Å². The van der Waals surface area contributed by atoms with Crippen molar-refractivity contribution >= 4 is 23.5 Å². The van der Waals surface area contributed by atoms with E-state index in [9.17, 15) is 14.4 Å². The average Bonchev–Trinajstić information content (AvgIpc) is 3.48. The third-order valence-corrected chi connectivity index (χ3v) is 8.10. The molecule has 2 amide bonds. The zero-order valence-corrected chi connectivity index (χ0v) is 25.4. The van der Waals surface area contributed by atoms with Crippen LogP contribution in [0.3, 0.4) is 0 Å². The lowest BCUT2D eigenvalue weighted by Gasteiger charge is -2.31. The van der Waals surface area contributed by atoms with Gasteiger partial charge < -0.3 is 20.1 Å². The lowest BCUT2D eigenvalue weighted by atomic mass is 9.93. The Morgan fingerprint density at radius 1 is 1.07 bits per heavy atom. The number of carboxylic acid groups (broad SMARTS) is 1. The molecule has 9 nitrogen and oxygen atoms in total. The van der Waals surface area contributed by atoms with Gasteiger partial charge in [0.1, 0.15) is 11.8 Å². The number of hydrogen-bond donors (Lipinski definition) is 2. The van der Waals surface area contributed by atoms with Crippen molar-refractivity contribution in [2.75, 3.05) is 18.1 Å². The lowest BCUT2D eigenvalue weighted by molar-refractivity contribution is -0.138. The van der Waals surface area contributed by atoms with Crippen LogP contribution in [0.2, 0.25) is 0 Å². The number of aliphatic carboxylic acids is 1. The van der Waals surface area contributed by atoms with Gasteiger partial charge in [0.15, 0.2) is 0 Å². The number of carbonyl (C=O) groups excluding carboxylic acids is 2. The van der Waals surface area contributed by atoms with Crippen LogP contribution < -0.4 is 15.0 Å². The molecule has 0 spiro atoms. The number of fused-ring (bicyclic) bond motifs is 1. The van der Waals surface area contributed by atoms with E-state index < -0.39 is 17.9 Å². The van der Waals surface area contributed by atoms with E-state index in [-0.39, 0.29) is 5.91 Å². The van der Waals surface area contributed by atoms with E-state index in [0.29, 0.717) is 38.1 Å².